The molecule has 24 heavy (non-hydrogen) atoms. The van der Waals surface area contributed by atoms with E-state index in [9.17, 15) is 13.2 Å². The summed E-state index contributed by atoms with van der Waals surface area (Å²) >= 11 is 0. The second-order valence-corrected chi connectivity index (χ2v) is 14.8. The second kappa shape index (κ2) is 7.10. The van der Waals surface area contributed by atoms with Crippen LogP contribution in [0.4, 0.5) is 0 Å². The highest BCUT2D eigenvalue weighted by Crippen LogP contribution is 2.37. The lowest BCUT2D eigenvalue weighted by molar-refractivity contribution is -0.113. The second-order valence-electron chi connectivity index (χ2n) is 8.06. The number of carbonyl (C=O) groups is 1. The van der Waals surface area contributed by atoms with Crippen molar-refractivity contribution in [2.75, 3.05) is 5.75 Å². The number of carbonyl (C=O) groups excluding carboxylic acids is 1. The molecule has 0 saturated carbocycles. The van der Waals surface area contributed by atoms with Gasteiger partial charge in [-0.3, -0.25) is 0 Å². The van der Waals surface area contributed by atoms with Gasteiger partial charge in [-0.15, -0.1) is 0 Å². The van der Waals surface area contributed by atoms with Gasteiger partial charge in [0.2, 0.25) is 0 Å². The fraction of sp³-hybridized carbons (Fsp3) is 0.611. The van der Waals surface area contributed by atoms with Crippen molar-refractivity contribution in [2.24, 2.45) is 0 Å². The van der Waals surface area contributed by atoms with Crippen LogP contribution in [-0.2, 0) is 19.1 Å². The maximum atomic E-state index is 12.9. The van der Waals surface area contributed by atoms with E-state index < -0.39 is 24.3 Å². The molecule has 0 spiro atoms. The van der Waals surface area contributed by atoms with Gasteiger partial charge in [0.25, 0.3) is 0 Å². The fourth-order valence-electron chi connectivity index (χ4n) is 2.61. The highest BCUT2D eigenvalue weighted by atomic mass is 32.2. The first-order valence-corrected chi connectivity index (χ1v) is 12.7. The molecule has 0 aromatic heterocycles. The molecular formula is C18H30O4SSi. The zero-order valence-electron chi connectivity index (χ0n) is 16.1. The topological polar surface area (TPSA) is 60.4 Å². The van der Waals surface area contributed by atoms with Crippen molar-refractivity contribution in [2.45, 2.75) is 70.7 Å². The summed E-state index contributed by atoms with van der Waals surface area (Å²) in [7, 11) is -5.82. The molecule has 6 heteroatoms. The van der Waals surface area contributed by atoms with Crippen molar-refractivity contribution in [3.8, 4) is 0 Å². The lowest BCUT2D eigenvalue weighted by Gasteiger charge is -2.38. The van der Waals surface area contributed by atoms with Crippen LogP contribution in [0, 0.1) is 20.8 Å². The maximum absolute atomic E-state index is 12.9. The number of benzene rings is 1. The molecule has 0 N–H and O–H groups in total. The van der Waals surface area contributed by atoms with E-state index in [0.717, 1.165) is 5.56 Å². The van der Waals surface area contributed by atoms with E-state index in [2.05, 4.69) is 20.8 Å². The normalized spacial score (nSPS) is 14.5. The number of aryl methyl sites for hydroxylation is 3. The molecule has 0 amide bonds. The highest BCUT2D eigenvalue weighted by molar-refractivity contribution is 7.91. The summed E-state index contributed by atoms with van der Waals surface area (Å²) < 4.78 is 31.7. The van der Waals surface area contributed by atoms with Crippen LogP contribution in [-0.4, -0.2) is 34.9 Å². The summed E-state index contributed by atoms with van der Waals surface area (Å²) in [5.74, 6) is -0.312. The summed E-state index contributed by atoms with van der Waals surface area (Å²) in [5, 5.41) is -0.0896. The molecule has 1 rings (SSSR count). The SMILES string of the molecule is Cc1cc(C)c(S(=O)(=O)C[C@@H](C=O)O[Si](C)(C)C(C)(C)C)c(C)c1. The third-order valence-corrected chi connectivity index (χ3v) is 11.2. The Kier molecular flexibility index (Phi) is 6.23. The fourth-order valence-corrected chi connectivity index (χ4v) is 5.83. The average molecular weight is 371 g/mol. The molecule has 0 heterocycles. The van der Waals surface area contributed by atoms with Crippen molar-refractivity contribution in [3.63, 3.8) is 0 Å². The Morgan fingerprint density at radius 1 is 1.12 bits per heavy atom. The molecule has 136 valence electrons. The summed E-state index contributed by atoms with van der Waals surface area (Å²) in [6, 6.07) is 3.70. The van der Waals surface area contributed by atoms with Gasteiger partial charge >= 0.3 is 0 Å². The minimum absolute atomic E-state index is 0.0896. The quantitative estimate of drug-likeness (QED) is 0.561. The molecule has 4 nitrogen and oxygen atoms in total. The van der Waals surface area contributed by atoms with Crippen LogP contribution in [0.5, 0.6) is 0 Å². The first-order chi connectivity index (χ1) is 10.7. The third kappa shape index (κ3) is 4.77. The Hall–Kier alpha value is -0.983. The maximum Gasteiger partial charge on any atom is 0.193 e. The molecule has 0 bridgehead atoms. The lowest BCUT2D eigenvalue weighted by atomic mass is 10.1. The molecule has 1 aromatic carbocycles. The summed E-state index contributed by atoms with van der Waals surface area (Å²) in [6.07, 6.45) is -0.312. The number of sulfone groups is 1. The van der Waals surface area contributed by atoms with E-state index in [1.807, 2.05) is 32.2 Å². The lowest BCUT2D eigenvalue weighted by Crippen LogP contribution is -2.46. The Balaban J connectivity index is 3.15. The molecule has 0 radical (unpaired) electrons. The Bertz CT molecular complexity index is 692. The number of hydrogen-bond donors (Lipinski definition) is 0. The minimum Gasteiger partial charge on any atom is -0.406 e. The van der Waals surface area contributed by atoms with Gasteiger partial charge in [0.15, 0.2) is 18.2 Å². The number of aldehydes is 1. The highest BCUT2D eigenvalue weighted by Gasteiger charge is 2.40. The molecule has 0 fully saturated rings. The molecule has 0 aliphatic carbocycles. The predicted octanol–water partition coefficient (Wildman–Crippen LogP) is 3.97. The molecule has 0 aliphatic heterocycles. The number of rotatable bonds is 6. The molecule has 0 unspecified atom stereocenters. The van der Waals surface area contributed by atoms with Gasteiger partial charge in [0.05, 0.1) is 10.6 Å². The van der Waals surface area contributed by atoms with E-state index in [1.54, 1.807) is 13.8 Å². The predicted molar refractivity (Wildman–Crippen MR) is 101 cm³/mol. The molecule has 0 saturated heterocycles. The van der Waals surface area contributed by atoms with Crippen LogP contribution in [0.25, 0.3) is 0 Å². The van der Waals surface area contributed by atoms with Crippen LogP contribution in [0.15, 0.2) is 17.0 Å². The van der Waals surface area contributed by atoms with Crippen LogP contribution in [0.2, 0.25) is 18.1 Å². The van der Waals surface area contributed by atoms with E-state index >= 15 is 0 Å². The van der Waals surface area contributed by atoms with Crippen molar-refractivity contribution in [1.82, 2.24) is 0 Å². The first kappa shape index (κ1) is 21.1. The minimum atomic E-state index is -3.60. The van der Waals surface area contributed by atoms with Gasteiger partial charge in [0, 0.05) is 0 Å². The van der Waals surface area contributed by atoms with Gasteiger partial charge in [-0.1, -0.05) is 38.5 Å². The molecular weight excluding hydrogens is 340 g/mol. The monoisotopic (exact) mass is 370 g/mol. The van der Waals surface area contributed by atoms with Crippen molar-refractivity contribution < 1.29 is 17.6 Å². The summed E-state index contributed by atoms with van der Waals surface area (Å²) in [5.41, 5.74) is 2.45. The van der Waals surface area contributed by atoms with Crippen molar-refractivity contribution in [1.29, 1.82) is 0 Å². The largest absolute Gasteiger partial charge is 0.406 e. The van der Waals surface area contributed by atoms with Gasteiger partial charge in [-0.25, -0.2) is 8.42 Å². The third-order valence-electron chi connectivity index (χ3n) is 4.70. The Morgan fingerprint density at radius 2 is 1.58 bits per heavy atom. The molecule has 1 aromatic rings. The van der Waals surface area contributed by atoms with Crippen LogP contribution < -0.4 is 0 Å². The first-order valence-electron chi connectivity index (χ1n) is 8.15. The average Bonchev–Trinajstić information content (AvgIpc) is 2.33. The summed E-state index contributed by atoms with van der Waals surface area (Å²) in [6.45, 7) is 15.7. The zero-order valence-corrected chi connectivity index (χ0v) is 17.9. The van der Waals surface area contributed by atoms with Crippen LogP contribution in [0.1, 0.15) is 37.5 Å². The smallest absolute Gasteiger partial charge is 0.193 e. The van der Waals surface area contributed by atoms with E-state index in [4.69, 9.17) is 4.43 Å². The van der Waals surface area contributed by atoms with Crippen molar-refractivity contribution >= 4 is 24.4 Å². The standard InChI is InChI=1S/C18H30O4SSi/c1-13-9-14(2)17(15(3)10-13)23(20,21)12-16(11-19)22-24(7,8)18(4,5)6/h9-11,16H,12H2,1-8H3/t16-/m1/s1. The van der Waals surface area contributed by atoms with Crippen LogP contribution >= 0.6 is 0 Å². The van der Waals surface area contributed by atoms with Gasteiger partial charge in [0.1, 0.15) is 12.4 Å². The van der Waals surface area contributed by atoms with Crippen molar-refractivity contribution in [3.05, 3.63) is 28.8 Å². The van der Waals surface area contributed by atoms with E-state index in [-0.39, 0.29) is 10.8 Å². The van der Waals surface area contributed by atoms with Gasteiger partial charge in [-0.05, 0) is 50.0 Å². The van der Waals surface area contributed by atoms with Crippen LogP contribution in [0.3, 0.4) is 0 Å². The van der Waals surface area contributed by atoms with E-state index in [1.165, 1.54) is 0 Å². The van der Waals surface area contributed by atoms with E-state index in [0.29, 0.717) is 22.3 Å². The van der Waals surface area contributed by atoms with Gasteiger partial charge < -0.3 is 9.22 Å². The molecule has 0 aliphatic rings. The Labute approximate surface area is 147 Å². The Morgan fingerprint density at radius 3 is 1.96 bits per heavy atom. The molecule has 1 atom stereocenters. The zero-order chi connectivity index (χ0) is 18.9. The summed E-state index contributed by atoms with van der Waals surface area (Å²) in [4.78, 5) is 11.8. The number of hydrogen-bond acceptors (Lipinski definition) is 4. The van der Waals surface area contributed by atoms with Gasteiger partial charge in [-0.2, -0.15) is 0 Å².